The average Bonchev–Trinajstić information content (AvgIpc) is 2.20. The van der Waals surface area contributed by atoms with Crippen molar-refractivity contribution in [1.29, 1.82) is 0 Å². The highest BCUT2D eigenvalue weighted by atomic mass is 79.9. The lowest BCUT2D eigenvalue weighted by Gasteiger charge is -2.13. The molecule has 1 rings (SSSR count). The van der Waals surface area contributed by atoms with E-state index in [0.29, 0.717) is 16.6 Å². The van der Waals surface area contributed by atoms with E-state index in [2.05, 4.69) is 15.9 Å². The summed E-state index contributed by atoms with van der Waals surface area (Å²) in [6.07, 6.45) is -0.0725. The van der Waals surface area contributed by atoms with Crippen LogP contribution in [0, 0.1) is 5.82 Å². The van der Waals surface area contributed by atoms with E-state index >= 15 is 0 Å². The van der Waals surface area contributed by atoms with Gasteiger partial charge in [-0.2, -0.15) is 0 Å². The van der Waals surface area contributed by atoms with Gasteiger partial charge in [0.1, 0.15) is 11.6 Å². The molecule has 82 valence electrons. The Morgan fingerprint density at radius 2 is 2.27 bits per heavy atom. The molecule has 0 aromatic heterocycles. The Morgan fingerprint density at radius 1 is 1.60 bits per heavy atom. The molecule has 0 spiro atoms. The first-order valence-electron chi connectivity index (χ1n) is 4.69. The van der Waals surface area contributed by atoms with Gasteiger partial charge in [-0.25, -0.2) is 4.39 Å². The zero-order valence-corrected chi connectivity index (χ0v) is 10.2. The molecule has 1 aromatic carbocycles. The summed E-state index contributed by atoms with van der Waals surface area (Å²) in [5.74, 6) is 0.153. The van der Waals surface area contributed by atoms with E-state index < -0.39 is 6.10 Å². The molecule has 1 atom stereocenters. The smallest absolute Gasteiger partial charge is 0.172 e. The number of ether oxygens (including phenoxy) is 1. The average molecular weight is 275 g/mol. The molecule has 0 aliphatic heterocycles. The van der Waals surface area contributed by atoms with Crippen molar-refractivity contribution >= 4 is 21.7 Å². The van der Waals surface area contributed by atoms with Gasteiger partial charge in [-0.05, 0) is 41.1 Å². The molecular weight excluding hydrogens is 263 g/mol. The lowest BCUT2D eigenvalue weighted by atomic mass is 10.2. The van der Waals surface area contributed by atoms with Gasteiger partial charge in [0.2, 0.25) is 0 Å². The Morgan fingerprint density at radius 3 is 2.80 bits per heavy atom. The largest absolute Gasteiger partial charge is 0.482 e. The number of ketones is 1. The summed E-state index contributed by atoms with van der Waals surface area (Å²) < 4.78 is 18.7. The molecule has 1 aromatic rings. The Bertz CT molecular complexity index is 366. The number of benzene rings is 1. The minimum atomic E-state index is -0.503. The molecule has 1 unspecified atom stereocenters. The maximum atomic E-state index is 12.8. The predicted molar refractivity (Wildman–Crippen MR) is 59.5 cm³/mol. The highest BCUT2D eigenvalue weighted by molar-refractivity contribution is 9.10. The monoisotopic (exact) mass is 274 g/mol. The van der Waals surface area contributed by atoms with Gasteiger partial charge < -0.3 is 4.74 Å². The number of carbonyl (C=O) groups excluding carboxylic acids is 1. The fourth-order valence-electron chi connectivity index (χ4n) is 1.11. The second kappa shape index (κ2) is 5.26. The molecule has 15 heavy (non-hydrogen) atoms. The van der Waals surface area contributed by atoms with Crippen LogP contribution in [0.15, 0.2) is 22.7 Å². The molecule has 0 N–H and O–H groups in total. The Balaban J connectivity index is 2.76. The third-order valence-corrected chi connectivity index (χ3v) is 2.62. The van der Waals surface area contributed by atoms with Gasteiger partial charge in [-0.3, -0.25) is 4.79 Å². The van der Waals surface area contributed by atoms with Crippen molar-refractivity contribution in [3.63, 3.8) is 0 Å². The van der Waals surface area contributed by atoms with Crippen LogP contribution in [-0.2, 0) is 4.79 Å². The maximum absolute atomic E-state index is 12.8. The van der Waals surface area contributed by atoms with E-state index in [4.69, 9.17) is 4.74 Å². The minimum absolute atomic E-state index is 0.0197. The molecular formula is C11H12BrFO2. The standard InChI is InChI=1S/C11H12BrFO2/c1-3-10(14)7(2)15-11-5-4-8(13)6-9(11)12/h4-7H,3H2,1-2H3. The zero-order chi connectivity index (χ0) is 11.4. The first kappa shape index (κ1) is 12.2. The van der Waals surface area contributed by atoms with E-state index in [1.807, 2.05) is 0 Å². The van der Waals surface area contributed by atoms with Crippen LogP contribution in [0.5, 0.6) is 5.75 Å². The first-order valence-corrected chi connectivity index (χ1v) is 5.48. The third kappa shape index (κ3) is 3.30. The fraction of sp³-hybridized carbons (Fsp3) is 0.364. The van der Waals surface area contributed by atoms with Crippen LogP contribution in [0.4, 0.5) is 4.39 Å². The zero-order valence-electron chi connectivity index (χ0n) is 8.59. The van der Waals surface area contributed by atoms with Gasteiger partial charge >= 0.3 is 0 Å². The van der Waals surface area contributed by atoms with Crippen molar-refractivity contribution < 1.29 is 13.9 Å². The van der Waals surface area contributed by atoms with Gasteiger partial charge in [-0.1, -0.05) is 6.92 Å². The summed E-state index contributed by atoms with van der Waals surface area (Å²) in [6, 6.07) is 4.10. The van der Waals surface area contributed by atoms with Gasteiger partial charge in [0, 0.05) is 6.42 Å². The van der Waals surface area contributed by atoms with Gasteiger partial charge in [0.15, 0.2) is 11.9 Å². The lowest BCUT2D eigenvalue weighted by molar-refractivity contribution is -0.124. The third-order valence-electron chi connectivity index (χ3n) is 2.00. The minimum Gasteiger partial charge on any atom is -0.482 e. The summed E-state index contributed by atoms with van der Waals surface area (Å²) in [6.45, 7) is 3.46. The van der Waals surface area contributed by atoms with Crippen LogP contribution in [0.25, 0.3) is 0 Å². The molecule has 0 bridgehead atoms. The van der Waals surface area contributed by atoms with Crippen molar-refractivity contribution in [2.24, 2.45) is 0 Å². The molecule has 0 radical (unpaired) electrons. The van der Waals surface area contributed by atoms with Crippen molar-refractivity contribution in [3.05, 3.63) is 28.5 Å². The first-order chi connectivity index (χ1) is 7.04. The van der Waals surface area contributed by atoms with E-state index in [0.717, 1.165) is 0 Å². The van der Waals surface area contributed by atoms with Crippen LogP contribution in [0.1, 0.15) is 20.3 Å². The van der Waals surface area contributed by atoms with E-state index in [-0.39, 0.29) is 11.6 Å². The van der Waals surface area contributed by atoms with Gasteiger partial charge in [0.05, 0.1) is 4.47 Å². The van der Waals surface area contributed by atoms with E-state index in [1.54, 1.807) is 13.8 Å². The van der Waals surface area contributed by atoms with Crippen molar-refractivity contribution in [1.82, 2.24) is 0 Å². The quantitative estimate of drug-likeness (QED) is 0.842. The summed E-state index contributed by atoms with van der Waals surface area (Å²) >= 11 is 3.17. The van der Waals surface area contributed by atoms with E-state index in [1.165, 1.54) is 18.2 Å². The van der Waals surface area contributed by atoms with Crippen molar-refractivity contribution in [2.45, 2.75) is 26.4 Å². The fourth-order valence-corrected chi connectivity index (χ4v) is 1.56. The van der Waals surface area contributed by atoms with Crippen molar-refractivity contribution in [3.8, 4) is 5.75 Å². The van der Waals surface area contributed by atoms with E-state index in [9.17, 15) is 9.18 Å². The van der Waals surface area contributed by atoms with Crippen LogP contribution >= 0.6 is 15.9 Å². The topological polar surface area (TPSA) is 26.3 Å². The molecule has 0 aliphatic rings. The van der Waals surface area contributed by atoms with Gasteiger partial charge in [0.25, 0.3) is 0 Å². The Hall–Kier alpha value is -0.900. The highest BCUT2D eigenvalue weighted by Gasteiger charge is 2.13. The summed E-state index contributed by atoms with van der Waals surface area (Å²) in [4.78, 5) is 11.3. The summed E-state index contributed by atoms with van der Waals surface area (Å²) in [7, 11) is 0. The van der Waals surface area contributed by atoms with Crippen LogP contribution in [-0.4, -0.2) is 11.9 Å². The van der Waals surface area contributed by atoms with Crippen LogP contribution in [0.2, 0.25) is 0 Å². The van der Waals surface area contributed by atoms with Gasteiger partial charge in [-0.15, -0.1) is 0 Å². The molecule has 0 aliphatic carbocycles. The molecule has 2 nitrogen and oxygen atoms in total. The normalized spacial score (nSPS) is 12.3. The predicted octanol–water partition coefficient (Wildman–Crippen LogP) is 3.33. The molecule has 0 saturated carbocycles. The SMILES string of the molecule is CCC(=O)C(C)Oc1ccc(F)cc1Br. The maximum Gasteiger partial charge on any atom is 0.172 e. The van der Waals surface area contributed by atoms with Crippen molar-refractivity contribution in [2.75, 3.05) is 0 Å². The number of hydrogen-bond donors (Lipinski definition) is 0. The molecule has 4 heteroatoms. The second-order valence-corrected chi connectivity index (χ2v) is 4.01. The summed E-state index contributed by atoms with van der Waals surface area (Å²) in [5, 5.41) is 0. The Kier molecular flexibility index (Phi) is 4.27. The number of rotatable bonds is 4. The Labute approximate surface area is 96.6 Å². The highest BCUT2D eigenvalue weighted by Crippen LogP contribution is 2.26. The molecule has 0 heterocycles. The number of Topliss-reactive ketones (excluding diaryl/α,β-unsaturated/α-hetero) is 1. The van der Waals surface area contributed by atoms with Crippen LogP contribution < -0.4 is 4.74 Å². The number of hydrogen-bond acceptors (Lipinski definition) is 2. The second-order valence-electron chi connectivity index (χ2n) is 3.15. The molecule has 0 saturated heterocycles. The number of halogens is 2. The molecule has 0 fully saturated rings. The summed E-state index contributed by atoms with van der Waals surface area (Å²) in [5.41, 5.74) is 0. The molecule has 0 amide bonds. The number of carbonyl (C=O) groups is 1. The van der Waals surface area contributed by atoms with Crippen LogP contribution in [0.3, 0.4) is 0 Å². The lowest BCUT2D eigenvalue weighted by Crippen LogP contribution is -2.22.